The lowest BCUT2D eigenvalue weighted by atomic mass is 11.2. The first kappa shape index (κ1) is 7.20. The van der Waals surface area contributed by atoms with Crippen molar-refractivity contribution in [1.82, 2.24) is 11.0 Å². The maximum atomic E-state index is 10.2. The molecule has 46 valence electrons. The van der Waals surface area contributed by atoms with Crippen molar-refractivity contribution >= 4 is 0 Å². The summed E-state index contributed by atoms with van der Waals surface area (Å²) >= 11 is 0. The van der Waals surface area contributed by atoms with Crippen molar-refractivity contribution in [3.05, 3.63) is 5.21 Å². The van der Waals surface area contributed by atoms with Crippen molar-refractivity contribution in [2.75, 3.05) is 7.11 Å². The lowest BCUT2D eigenvalue weighted by Gasteiger charge is -2.16. The Labute approximate surface area is 47.1 Å². The van der Waals surface area contributed by atoms with Crippen LogP contribution in [0.2, 0.25) is 0 Å². The van der Waals surface area contributed by atoms with Gasteiger partial charge in [-0.1, -0.05) is 6.42 Å². The number of terminal acetylenes is 1. The third-order valence-corrected chi connectivity index (χ3v) is 0.380. The van der Waals surface area contributed by atoms with Crippen LogP contribution in [0.1, 0.15) is 0 Å². The Balaban J connectivity index is 3.08. The first-order chi connectivity index (χ1) is 3.81. The number of rotatable bonds is 3. The van der Waals surface area contributed by atoms with Crippen molar-refractivity contribution in [2.45, 2.75) is 0 Å². The lowest BCUT2D eigenvalue weighted by Crippen LogP contribution is -3.19. The highest BCUT2D eigenvalue weighted by Crippen LogP contribution is 1.32. The lowest BCUT2D eigenvalue weighted by molar-refractivity contribution is -0.961. The summed E-state index contributed by atoms with van der Waals surface area (Å²) < 4.78 is 0. The van der Waals surface area contributed by atoms with Gasteiger partial charge in [-0.25, -0.2) is 0 Å². The molecule has 0 rings (SSSR count). The Morgan fingerprint density at radius 1 is 1.88 bits per heavy atom. The molecule has 0 fully saturated rings. The summed E-state index contributed by atoms with van der Waals surface area (Å²) in [5, 5.41) is 9.61. The van der Waals surface area contributed by atoms with E-state index in [1.807, 2.05) is 17.1 Å². The molecule has 0 aromatic rings. The van der Waals surface area contributed by atoms with E-state index in [1.165, 1.54) is 7.11 Å². The van der Waals surface area contributed by atoms with Gasteiger partial charge in [0.25, 0.3) is 0 Å². The van der Waals surface area contributed by atoms with E-state index in [1.54, 1.807) is 0 Å². The van der Waals surface area contributed by atoms with E-state index in [-0.39, 0.29) is 0 Å². The van der Waals surface area contributed by atoms with Crippen LogP contribution in [0.5, 0.6) is 0 Å². The molecule has 8 heavy (non-hydrogen) atoms. The summed E-state index contributed by atoms with van der Waals surface area (Å²) in [6.45, 7) is 0. The zero-order chi connectivity index (χ0) is 6.41. The first-order valence-corrected chi connectivity index (χ1v) is 1.86. The first-order valence-electron chi connectivity index (χ1n) is 1.86. The van der Waals surface area contributed by atoms with Crippen LogP contribution in [0.3, 0.4) is 0 Å². The fourth-order valence-electron chi connectivity index (χ4n) is 0.184. The van der Waals surface area contributed by atoms with E-state index in [4.69, 9.17) is 0 Å². The van der Waals surface area contributed by atoms with E-state index in [0.29, 0.717) is 0 Å². The summed E-state index contributed by atoms with van der Waals surface area (Å²) in [6, 6.07) is 1.91. The van der Waals surface area contributed by atoms with Gasteiger partial charge in [0.2, 0.25) is 0 Å². The van der Waals surface area contributed by atoms with Gasteiger partial charge >= 0.3 is 0 Å². The summed E-state index contributed by atoms with van der Waals surface area (Å²) in [5.41, 5.74) is 3.95. The molecule has 1 unspecified atom stereocenters. The van der Waals surface area contributed by atoms with Crippen LogP contribution >= 0.6 is 0 Å². The monoisotopic (exact) mass is 117 g/mol. The van der Waals surface area contributed by atoms with Crippen molar-refractivity contribution in [1.29, 1.82) is 0 Å². The highest BCUT2D eigenvalue weighted by molar-refractivity contribution is 4.73. The third-order valence-electron chi connectivity index (χ3n) is 0.380. The predicted octanol–water partition coefficient (Wildman–Crippen LogP) is -2.47. The molecular weight excluding hydrogens is 110 g/mol. The molecule has 0 aliphatic carbocycles. The van der Waals surface area contributed by atoms with Gasteiger partial charge in [0.15, 0.2) is 0 Å². The summed E-state index contributed by atoms with van der Waals surface area (Å²) in [6.07, 6.45) is 4.68. The molecule has 0 aliphatic heterocycles. The average Bonchev–Trinajstić information content (AvgIpc) is 1.68. The third kappa shape index (κ3) is 3.39. The van der Waals surface area contributed by atoms with Crippen molar-refractivity contribution in [3.63, 3.8) is 0 Å². The Morgan fingerprint density at radius 2 is 2.50 bits per heavy atom. The summed E-state index contributed by atoms with van der Waals surface area (Å²) in [4.78, 5) is 4.20. The normalized spacial score (nSPS) is 12.1. The van der Waals surface area contributed by atoms with Gasteiger partial charge in [-0.15, -0.1) is 0 Å². The average molecular weight is 117 g/mol. The van der Waals surface area contributed by atoms with E-state index in [9.17, 15) is 5.21 Å². The van der Waals surface area contributed by atoms with Crippen LogP contribution in [0.4, 0.5) is 0 Å². The standard InChI is InChI=1S/C3H7N3O2/c1-3-4-6(7)5-8-2/h1,4-6H,2H3. The fourth-order valence-corrected chi connectivity index (χ4v) is 0.184. The van der Waals surface area contributed by atoms with Gasteiger partial charge < -0.3 is 5.21 Å². The molecule has 5 heteroatoms. The number of hydrogen-bond donors (Lipinski definition) is 3. The van der Waals surface area contributed by atoms with E-state index in [2.05, 4.69) is 11.3 Å². The van der Waals surface area contributed by atoms with Gasteiger partial charge in [0, 0.05) is 0 Å². The molecule has 5 nitrogen and oxygen atoms in total. The van der Waals surface area contributed by atoms with Crippen molar-refractivity contribution in [2.24, 2.45) is 0 Å². The highest BCUT2D eigenvalue weighted by atomic mass is 16.8. The second kappa shape index (κ2) is 4.36. The second-order valence-electron chi connectivity index (χ2n) is 0.905. The van der Waals surface area contributed by atoms with E-state index >= 15 is 0 Å². The van der Waals surface area contributed by atoms with Gasteiger partial charge in [0.1, 0.15) is 0 Å². The Morgan fingerprint density at radius 3 is 2.88 bits per heavy atom. The molecule has 0 amide bonds. The minimum atomic E-state index is -0.546. The van der Waals surface area contributed by atoms with Crippen LogP contribution in [0.25, 0.3) is 0 Å². The van der Waals surface area contributed by atoms with Crippen LogP contribution in [0, 0.1) is 17.7 Å². The highest BCUT2D eigenvalue weighted by Gasteiger charge is 1.83. The van der Waals surface area contributed by atoms with Gasteiger partial charge in [-0.3, -0.25) is 4.84 Å². The molecule has 0 spiro atoms. The summed E-state index contributed by atoms with van der Waals surface area (Å²) in [7, 11) is 1.32. The molecule has 0 radical (unpaired) electrons. The minimum absolute atomic E-state index is 0.546. The van der Waals surface area contributed by atoms with Crippen LogP contribution in [-0.2, 0) is 4.84 Å². The maximum absolute atomic E-state index is 10.2. The summed E-state index contributed by atoms with van der Waals surface area (Å²) in [5.74, 6) is 0. The van der Waals surface area contributed by atoms with Crippen molar-refractivity contribution < 1.29 is 10.1 Å². The predicted molar refractivity (Wildman–Crippen MR) is 26.4 cm³/mol. The maximum Gasteiger partial charge on any atom is 0.0627 e. The van der Waals surface area contributed by atoms with E-state index in [0.717, 1.165) is 0 Å². The second-order valence-corrected chi connectivity index (χ2v) is 0.905. The van der Waals surface area contributed by atoms with E-state index < -0.39 is 5.28 Å². The molecule has 0 aromatic carbocycles. The van der Waals surface area contributed by atoms with Gasteiger partial charge in [-0.05, 0) is 5.59 Å². The fraction of sp³-hybridized carbons (Fsp3) is 0.333. The molecule has 0 bridgehead atoms. The minimum Gasteiger partial charge on any atom is -0.585 e. The number of nitrogens with one attached hydrogen (secondary N) is 3. The molecule has 0 heterocycles. The van der Waals surface area contributed by atoms with Crippen LogP contribution < -0.4 is 16.3 Å². The molecule has 0 aromatic heterocycles. The molecule has 0 saturated carbocycles. The number of quaternary nitrogens is 1. The Kier molecular flexibility index (Phi) is 3.93. The molecule has 0 saturated heterocycles. The number of hydrogen-bond acceptors (Lipinski definition) is 4. The molecule has 0 aliphatic rings. The zero-order valence-corrected chi connectivity index (χ0v) is 4.39. The van der Waals surface area contributed by atoms with Crippen LogP contribution in [-0.4, -0.2) is 7.11 Å². The molecular formula is C3H7N3O2. The smallest absolute Gasteiger partial charge is 0.0627 e. The van der Waals surface area contributed by atoms with Crippen LogP contribution in [0.15, 0.2) is 0 Å². The largest absolute Gasteiger partial charge is 0.585 e. The Bertz CT molecular complexity index is 89.0. The Hall–Kier alpha value is -0.800. The molecule has 1 atom stereocenters. The zero-order valence-electron chi connectivity index (χ0n) is 4.39. The quantitative estimate of drug-likeness (QED) is 0.218. The van der Waals surface area contributed by atoms with Crippen molar-refractivity contribution in [3.8, 4) is 12.5 Å². The molecule has 3 N–H and O–H groups in total. The SMILES string of the molecule is C#CN[NH+]([O-])NOC. The topological polar surface area (TPSA) is 60.8 Å². The van der Waals surface area contributed by atoms with Gasteiger partial charge in [0.05, 0.1) is 13.2 Å². The van der Waals surface area contributed by atoms with Gasteiger partial charge in [-0.2, -0.15) is 10.7 Å².